The number of nitrogens with zero attached hydrogens (tertiary/aromatic N) is 1. The largest absolute Gasteiger partial charge is 0.490 e. The quantitative estimate of drug-likeness (QED) is 0.608. The van der Waals surface area contributed by atoms with Gasteiger partial charge in [-0.2, -0.15) is 0 Å². The molecule has 0 radical (unpaired) electrons. The summed E-state index contributed by atoms with van der Waals surface area (Å²) in [6, 6.07) is 15.8. The fourth-order valence-corrected chi connectivity index (χ4v) is 4.19. The van der Waals surface area contributed by atoms with Gasteiger partial charge >= 0.3 is 5.97 Å². The Labute approximate surface area is 161 Å². The number of hydrogen-bond acceptors (Lipinski definition) is 4. The van der Waals surface area contributed by atoms with Gasteiger partial charge < -0.3 is 14.4 Å². The zero-order chi connectivity index (χ0) is 18.8. The van der Waals surface area contributed by atoms with Crippen LogP contribution in [0.4, 0.5) is 0 Å². The molecule has 27 heavy (non-hydrogen) atoms. The van der Waals surface area contributed by atoms with Crippen LogP contribution in [0, 0.1) is 5.92 Å². The van der Waals surface area contributed by atoms with Gasteiger partial charge in [0.1, 0.15) is 17.6 Å². The second kappa shape index (κ2) is 7.73. The van der Waals surface area contributed by atoms with Crippen molar-refractivity contribution >= 4 is 5.97 Å². The summed E-state index contributed by atoms with van der Waals surface area (Å²) in [6.07, 6.45) is 3.07. The van der Waals surface area contributed by atoms with E-state index in [-0.39, 0.29) is 18.0 Å². The minimum Gasteiger partial charge on any atom is -0.490 e. The first-order valence-corrected chi connectivity index (χ1v) is 9.85. The molecular weight excluding hydrogens is 338 g/mol. The highest BCUT2D eigenvalue weighted by molar-refractivity contribution is 5.83. The van der Waals surface area contributed by atoms with Crippen molar-refractivity contribution in [2.24, 2.45) is 5.92 Å². The zero-order valence-corrected chi connectivity index (χ0v) is 16.1. The van der Waals surface area contributed by atoms with Crippen LogP contribution in [0.1, 0.15) is 36.8 Å². The summed E-state index contributed by atoms with van der Waals surface area (Å²) in [6.45, 7) is 4.41. The highest BCUT2D eigenvalue weighted by Crippen LogP contribution is 2.36. The van der Waals surface area contributed by atoms with Crippen molar-refractivity contribution in [2.75, 3.05) is 20.1 Å². The predicted molar refractivity (Wildman–Crippen MR) is 105 cm³/mol. The van der Waals surface area contributed by atoms with Crippen molar-refractivity contribution in [3.8, 4) is 11.5 Å². The van der Waals surface area contributed by atoms with E-state index in [1.165, 1.54) is 0 Å². The topological polar surface area (TPSA) is 38.8 Å². The van der Waals surface area contributed by atoms with Crippen LogP contribution in [0.25, 0.3) is 0 Å². The summed E-state index contributed by atoms with van der Waals surface area (Å²) in [4.78, 5) is 14.9. The summed E-state index contributed by atoms with van der Waals surface area (Å²) >= 11 is 0. The van der Waals surface area contributed by atoms with E-state index in [4.69, 9.17) is 9.47 Å². The number of benzene rings is 2. The first kappa shape index (κ1) is 18.1. The molecular formula is C23H27NO3. The van der Waals surface area contributed by atoms with Crippen molar-refractivity contribution < 1.29 is 14.3 Å². The highest BCUT2D eigenvalue weighted by Gasteiger charge is 2.30. The molecule has 2 aromatic carbocycles. The highest BCUT2D eigenvalue weighted by atomic mass is 16.5. The summed E-state index contributed by atoms with van der Waals surface area (Å²) in [5.41, 5.74) is 2.06. The number of likely N-dealkylation sites (tertiary alicyclic amines) is 1. The summed E-state index contributed by atoms with van der Waals surface area (Å²) in [5.74, 6) is 1.49. The average molecular weight is 365 g/mol. The van der Waals surface area contributed by atoms with Gasteiger partial charge in [-0.1, -0.05) is 43.3 Å². The molecule has 2 aliphatic rings. The molecule has 1 fully saturated rings. The molecule has 0 amide bonds. The minimum atomic E-state index is -0.233. The first-order chi connectivity index (χ1) is 13.1. The molecule has 0 aliphatic carbocycles. The van der Waals surface area contributed by atoms with Crippen LogP contribution in [-0.4, -0.2) is 37.1 Å². The molecule has 4 nitrogen and oxygen atoms in total. The third-order valence-electron chi connectivity index (χ3n) is 5.71. The monoisotopic (exact) mass is 365 g/mol. The lowest BCUT2D eigenvalue weighted by molar-refractivity contribution is -0.137. The molecule has 4 heteroatoms. The molecule has 2 aromatic rings. The number of hydrogen-bond donors (Lipinski definition) is 0. The smallest absolute Gasteiger partial charge is 0.319 e. The Balaban J connectivity index is 1.50. The fourth-order valence-electron chi connectivity index (χ4n) is 4.19. The molecule has 0 spiro atoms. The van der Waals surface area contributed by atoms with E-state index in [2.05, 4.69) is 18.9 Å². The molecule has 3 atom stereocenters. The summed E-state index contributed by atoms with van der Waals surface area (Å²) in [7, 11) is 2.17. The van der Waals surface area contributed by atoms with E-state index >= 15 is 0 Å². The van der Waals surface area contributed by atoms with E-state index in [0.29, 0.717) is 18.1 Å². The van der Waals surface area contributed by atoms with Gasteiger partial charge in [-0.3, -0.25) is 4.79 Å². The van der Waals surface area contributed by atoms with Crippen LogP contribution in [-0.2, 0) is 11.2 Å². The summed E-state index contributed by atoms with van der Waals surface area (Å²) in [5, 5.41) is 0. The lowest BCUT2D eigenvalue weighted by atomic mass is 9.90. The lowest BCUT2D eigenvalue weighted by Crippen LogP contribution is -2.30. The van der Waals surface area contributed by atoms with Crippen molar-refractivity contribution in [2.45, 2.75) is 38.2 Å². The summed E-state index contributed by atoms with van der Waals surface area (Å²) < 4.78 is 12.0. The van der Waals surface area contributed by atoms with Crippen LogP contribution in [0.5, 0.6) is 11.5 Å². The second-order valence-corrected chi connectivity index (χ2v) is 7.90. The predicted octanol–water partition coefficient (Wildman–Crippen LogP) is 4.04. The SMILES string of the molecule is CC1CN(C)CCCC1Oc1ccc2c(c1)OC(=O)C(c1ccccc1)C2. The Bertz CT molecular complexity index is 805. The van der Waals surface area contributed by atoms with Crippen LogP contribution in [0.2, 0.25) is 0 Å². The Morgan fingerprint density at radius 1 is 1.15 bits per heavy atom. The molecule has 2 aliphatic heterocycles. The molecule has 0 saturated carbocycles. The van der Waals surface area contributed by atoms with E-state index in [0.717, 1.165) is 42.8 Å². The fraction of sp³-hybridized carbons (Fsp3) is 0.435. The number of carbonyl (C=O) groups excluding carboxylic acids is 1. The van der Waals surface area contributed by atoms with Crippen molar-refractivity contribution in [3.63, 3.8) is 0 Å². The standard InChI is InChI=1S/C23H27NO3/c1-16-15-24(2)12-6-9-21(16)26-19-11-10-18-13-20(17-7-4-3-5-8-17)23(25)27-22(18)14-19/h3-5,7-8,10-11,14,16,20-21H,6,9,12-13,15H2,1-2H3. The normalized spacial score (nSPS) is 26.0. The van der Waals surface area contributed by atoms with Crippen LogP contribution >= 0.6 is 0 Å². The van der Waals surface area contributed by atoms with Gasteiger partial charge in [0.25, 0.3) is 0 Å². The second-order valence-electron chi connectivity index (χ2n) is 7.90. The number of fused-ring (bicyclic) bond motifs is 1. The Morgan fingerprint density at radius 3 is 2.78 bits per heavy atom. The van der Waals surface area contributed by atoms with E-state index < -0.39 is 0 Å². The van der Waals surface area contributed by atoms with Gasteiger partial charge in [0.15, 0.2) is 0 Å². The van der Waals surface area contributed by atoms with Crippen LogP contribution in [0.15, 0.2) is 48.5 Å². The maximum absolute atomic E-state index is 12.5. The molecule has 2 heterocycles. The minimum absolute atomic E-state index is 0.185. The van der Waals surface area contributed by atoms with E-state index in [9.17, 15) is 4.79 Å². The molecule has 4 rings (SSSR count). The van der Waals surface area contributed by atoms with Gasteiger partial charge in [-0.25, -0.2) is 0 Å². The first-order valence-electron chi connectivity index (χ1n) is 9.85. The van der Waals surface area contributed by atoms with Crippen molar-refractivity contribution in [1.82, 2.24) is 4.90 Å². The molecule has 0 N–H and O–H groups in total. The van der Waals surface area contributed by atoms with Gasteiger partial charge in [-0.15, -0.1) is 0 Å². The Hall–Kier alpha value is -2.33. The van der Waals surface area contributed by atoms with Crippen LogP contribution in [0.3, 0.4) is 0 Å². The number of ether oxygens (including phenoxy) is 2. The van der Waals surface area contributed by atoms with Crippen molar-refractivity contribution in [1.29, 1.82) is 0 Å². The van der Waals surface area contributed by atoms with Gasteiger partial charge in [0.2, 0.25) is 0 Å². The van der Waals surface area contributed by atoms with Gasteiger partial charge in [0, 0.05) is 18.5 Å². The average Bonchev–Trinajstić information content (AvgIpc) is 2.82. The third kappa shape index (κ3) is 4.01. The number of carbonyl (C=O) groups is 1. The van der Waals surface area contributed by atoms with Gasteiger partial charge in [0.05, 0.1) is 5.92 Å². The maximum Gasteiger partial charge on any atom is 0.319 e. The van der Waals surface area contributed by atoms with Gasteiger partial charge in [-0.05, 0) is 50.0 Å². The zero-order valence-electron chi connectivity index (χ0n) is 16.1. The van der Waals surface area contributed by atoms with E-state index in [1.807, 2.05) is 48.5 Å². The molecule has 0 aromatic heterocycles. The number of rotatable bonds is 3. The van der Waals surface area contributed by atoms with Crippen LogP contribution < -0.4 is 9.47 Å². The van der Waals surface area contributed by atoms with E-state index in [1.54, 1.807) is 0 Å². The van der Waals surface area contributed by atoms with Crippen molar-refractivity contribution in [3.05, 3.63) is 59.7 Å². The maximum atomic E-state index is 12.5. The lowest BCUT2D eigenvalue weighted by Gasteiger charge is -2.27. The molecule has 0 bridgehead atoms. The Kier molecular flexibility index (Phi) is 5.17. The Morgan fingerprint density at radius 2 is 1.96 bits per heavy atom. The number of esters is 1. The molecule has 3 unspecified atom stereocenters. The molecule has 1 saturated heterocycles. The molecule has 142 valence electrons. The third-order valence-corrected chi connectivity index (χ3v) is 5.71.